The predicted octanol–water partition coefficient (Wildman–Crippen LogP) is 7.12. The molecule has 0 unspecified atom stereocenters. The third kappa shape index (κ3) is 4.29. The average Bonchev–Trinajstić information content (AvgIpc) is 3.28. The van der Waals surface area contributed by atoms with Crippen molar-refractivity contribution in [3.8, 4) is 17.2 Å². The number of carbonyl (C=O) groups excluding carboxylic acids is 1. The van der Waals surface area contributed by atoms with E-state index in [1.54, 1.807) is 24.5 Å². The maximum absolute atomic E-state index is 13.5. The average molecular weight is 490 g/mol. The van der Waals surface area contributed by atoms with Gasteiger partial charge in [0.15, 0.2) is 0 Å². The molecular formula is C28H28ClN3OS. The molecule has 1 aliphatic rings. The number of nitriles is 1. The van der Waals surface area contributed by atoms with E-state index in [2.05, 4.69) is 64.1 Å². The van der Waals surface area contributed by atoms with Gasteiger partial charge < -0.3 is 4.90 Å². The molecule has 1 saturated heterocycles. The van der Waals surface area contributed by atoms with E-state index in [0.717, 1.165) is 21.6 Å². The van der Waals surface area contributed by atoms with E-state index < -0.39 is 11.3 Å². The smallest absolute Gasteiger partial charge is 0.236 e. The number of amidine groups is 1. The van der Waals surface area contributed by atoms with Gasteiger partial charge in [-0.05, 0) is 57.3 Å². The molecule has 2 aromatic carbocycles. The van der Waals surface area contributed by atoms with Crippen LogP contribution >= 0.6 is 22.9 Å². The maximum atomic E-state index is 13.5. The molecule has 0 spiro atoms. The van der Waals surface area contributed by atoms with Crippen LogP contribution in [0.2, 0.25) is 5.02 Å². The Hall–Kier alpha value is -2.94. The summed E-state index contributed by atoms with van der Waals surface area (Å²) in [5, 5.41) is 20.4. The minimum absolute atomic E-state index is 0.0270. The fraction of sp³-hybridized carbons (Fsp3) is 0.321. The highest BCUT2D eigenvalue weighted by atomic mass is 35.5. The monoisotopic (exact) mass is 489 g/mol. The molecule has 4 rings (SSSR count). The molecule has 1 N–H and O–H groups in total. The van der Waals surface area contributed by atoms with E-state index in [0.29, 0.717) is 22.8 Å². The van der Waals surface area contributed by atoms with Gasteiger partial charge >= 0.3 is 0 Å². The number of nitrogens with one attached hydrogen (secondary N) is 1. The zero-order chi connectivity index (χ0) is 24.8. The number of thiophene rings is 1. The molecule has 1 fully saturated rings. The minimum Gasteiger partial charge on any atom is -0.303 e. The summed E-state index contributed by atoms with van der Waals surface area (Å²) < 4.78 is 0. The van der Waals surface area contributed by atoms with Crippen LogP contribution in [-0.4, -0.2) is 23.7 Å². The molecule has 0 radical (unpaired) electrons. The number of likely N-dealkylation sites (tertiary alicyclic amines) is 1. The highest BCUT2D eigenvalue weighted by Gasteiger charge is 2.49. The Morgan fingerprint density at radius 3 is 2.44 bits per heavy atom. The molecule has 2 atom stereocenters. The molecule has 34 heavy (non-hydrogen) atoms. The first kappa shape index (κ1) is 24.2. The predicted molar refractivity (Wildman–Crippen MR) is 140 cm³/mol. The fourth-order valence-electron chi connectivity index (χ4n) is 4.69. The number of likely N-dealkylation sites (N-methyl/N-ethyl adjacent to an activating group) is 1. The SMILES string of the molecule is CN1C(=N)C[C@](C)(c2cc(-c3cc(Cl)cc(C#N)c3)cs2)[C@H](c2ccc(C(C)(C)C)cc2)C1=O. The van der Waals surface area contributed by atoms with Crippen molar-refractivity contribution in [2.45, 2.75) is 50.9 Å². The number of carbonyl (C=O) groups is 1. The summed E-state index contributed by atoms with van der Waals surface area (Å²) in [6, 6.07) is 17.9. The van der Waals surface area contributed by atoms with Crippen molar-refractivity contribution in [1.82, 2.24) is 4.90 Å². The number of nitrogens with zero attached hydrogens (tertiary/aromatic N) is 2. The van der Waals surface area contributed by atoms with E-state index in [9.17, 15) is 10.1 Å². The second-order valence-corrected chi connectivity index (χ2v) is 11.6. The Balaban J connectivity index is 1.80. The molecule has 174 valence electrons. The largest absolute Gasteiger partial charge is 0.303 e. The third-order valence-electron chi connectivity index (χ3n) is 6.79. The standard InChI is InChI=1S/C28H28ClN3OS/c1-27(2,3)21-8-6-18(7-9-21)25-26(33)32(5)24(31)14-28(25,4)23-13-20(16-34-23)19-10-17(15-30)11-22(29)12-19/h6-13,16,25,31H,14H2,1-5H3/t25-,28-/m1/s1. The summed E-state index contributed by atoms with van der Waals surface area (Å²) in [5.41, 5.74) is 3.98. The van der Waals surface area contributed by atoms with E-state index in [4.69, 9.17) is 17.0 Å². The lowest BCUT2D eigenvalue weighted by atomic mass is 9.66. The number of amides is 1. The Morgan fingerprint density at radius 2 is 1.82 bits per heavy atom. The van der Waals surface area contributed by atoms with Gasteiger partial charge in [0.05, 0.1) is 17.6 Å². The second-order valence-electron chi connectivity index (χ2n) is 10.3. The molecule has 0 bridgehead atoms. The van der Waals surface area contributed by atoms with Gasteiger partial charge in [0.1, 0.15) is 5.84 Å². The molecule has 3 aromatic rings. The molecule has 1 aromatic heterocycles. The highest BCUT2D eigenvalue weighted by Crippen LogP contribution is 2.49. The lowest BCUT2D eigenvalue weighted by Gasteiger charge is -2.44. The van der Waals surface area contributed by atoms with Crippen LogP contribution in [0, 0.1) is 16.7 Å². The first-order valence-electron chi connectivity index (χ1n) is 11.2. The molecule has 0 aliphatic carbocycles. The molecule has 1 amide bonds. The molecule has 6 heteroatoms. The quantitative estimate of drug-likeness (QED) is 0.425. The van der Waals surface area contributed by atoms with Gasteiger partial charge in [-0.25, -0.2) is 0 Å². The molecule has 2 heterocycles. The zero-order valence-electron chi connectivity index (χ0n) is 20.1. The number of hydrogen-bond donors (Lipinski definition) is 1. The lowest BCUT2D eigenvalue weighted by molar-refractivity contribution is -0.131. The van der Waals surface area contributed by atoms with Crippen molar-refractivity contribution in [3.63, 3.8) is 0 Å². The van der Waals surface area contributed by atoms with Crippen LogP contribution in [0.5, 0.6) is 0 Å². The van der Waals surface area contributed by atoms with Crippen LogP contribution in [0.1, 0.15) is 61.6 Å². The van der Waals surface area contributed by atoms with Gasteiger partial charge in [0.25, 0.3) is 0 Å². The van der Waals surface area contributed by atoms with Crippen LogP contribution < -0.4 is 0 Å². The van der Waals surface area contributed by atoms with E-state index in [1.807, 2.05) is 17.5 Å². The molecule has 4 nitrogen and oxygen atoms in total. The van der Waals surface area contributed by atoms with Crippen LogP contribution in [0.15, 0.2) is 53.9 Å². The van der Waals surface area contributed by atoms with Crippen LogP contribution in [0.4, 0.5) is 0 Å². The van der Waals surface area contributed by atoms with Crippen LogP contribution in [0.3, 0.4) is 0 Å². The van der Waals surface area contributed by atoms with Gasteiger partial charge in [-0.3, -0.25) is 10.2 Å². The summed E-state index contributed by atoms with van der Waals surface area (Å²) in [6.45, 7) is 8.61. The Kier molecular flexibility index (Phi) is 6.18. The van der Waals surface area contributed by atoms with Gasteiger partial charge in [0, 0.05) is 28.8 Å². The summed E-state index contributed by atoms with van der Waals surface area (Å²) in [5.74, 6) is -0.146. The van der Waals surface area contributed by atoms with E-state index in [-0.39, 0.29) is 11.3 Å². The minimum atomic E-state index is -0.566. The summed E-state index contributed by atoms with van der Waals surface area (Å²) >= 11 is 7.82. The van der Waals surface area contributed by atoms with Crippen molar-refractivity contribution in [3.05, 3.63) is 80.5 Å². The normalized spacial score (nSPS) is 21.0. The van der Waals surface area contributed by atoms with E-state index in [1.165, 1.54) is 10.5 Å². The lowest BCUT2D eigenvalue weighted by Crippen LogP contribution is -2.51. The van der Waals surface area contributed by atoms with Crippen molar-refractivity contribution in [1.29, 1.82) is 10.7 Å². The summed E-state index contributed by atoms with van der Waals surface area (Å²) in [6.07, 6.45) is 0.458. The number of rotatable bonds is 3. The van der Waals surface area contributed by atoms with Crippen molar-refractivity contribution >= 4 is 34.7 Å². The Bertz CT molecular complexity index is 1310. The third-order valence-corrected chi connectivity index (χ3v) is 8.21. The topological polar surface area (TPSA) is 68.0 Å². The van der Waals surface area contributed by atoms with Gasteiger partial charge in [0.2, 0.25) is 5.91 Å². The first-order valence-corrected chi connectivity index (χ1v) is 12.5. The highest BCUT2D eigenvalue weighted by molar-refractivity contribution is 7.10. The Morgan fingerprint density at radius 1 is 1.15 bits per heavy atom. The second kappa shape index (κ2) is 8.69. The molecule has 1 aliphatic heterocycles. The van der Waals surface area contributed by atoms with Crippen LogP contribution in [0.25, 0.3) is 11.1 Å². The van der Waals surface area contributed by atoms with Crippen molar-refractivity contribution < 1.29 is 4.79 Å². The van der Waals surface area contributed by atoms with Crippen molar-refractivity contribution in [2.24, 2.45) is 0 Å². The number of piperidine rings is 1. The molecule has 0 saturated carbocycles. The fourth-order valence-corrected chi connectivity index (χ4v) is 6.04. The molecular weight excluding hydrogens is 462 g/mol. The maximum Gasteiger partial charge on any atom is 0.236 e. The van der Waals surface area contributed by atoms with Gasteiger partial charge in [-0.1, -0.05) is 63.6 Å². The number of halogens is 1. The van der Waals surface area contributed by atoms with Gasteiger partial charge in [-0.15, -0.1) is 11.3 Å². The summed E-state index contributed by atoms with van der Waals surface area (Å²) in [7, 11) is 1.69. The number of benzene rings is 2. The van der Waals surface area contributed by atoms with Crippen molar-refractivity contribution in [2.75, 3.05) is 7.05 Å². The zero-order valence-corrected chi connectivity index (χ0v) is 21.6. The number of hydrogen-bond acceptors (Lipinski definition) is 4. The van der Waals surface area contributed by atoms with Gasteiger partial charge in [-0.2, -0.15) is 5.26 Å². The first-order chi connectivity index (χ1) is 15.9. The van der Waals surface area contributed by atoms with Crippen LogP contribution in [-0.2, 0) is 15.6 Å². The van der Waals surface area contributed by atoms with E-state index >= 15 is 0 Å². The Labute approximate surface area is 210 Å². The summed E-state index contributed by atoms with van der Waals surface area (Å²) in [4.78, 5) is 16.1.